The lowest BCUT2D eigenvalue weighted by Crippen LogP contribution is -2.28. The van der Waals surface area contributed by atoms with E-state index in [1.165, 1.54) is 10.8 Å². The van der Waals surface area contributed by atoms with E-state index in [-0.39, 0.29) is 0 Å². The summed E-state index contributed by atoms with van der Waals surface area (Å²) in [5.41, 5.74) is 6.81. The Labute approximate surface area is 169 Å². The van der Waals surface area contributed by atoms with Crippen LogP contribution in [0.1, 0.15) is 23.6 Å². The van der Waals surface area contributed by atoms with Crippen molar-refractivity contribution in [2.45, 2.75) is 20.3 Å². The normalized spacial score (nSPS) is 11.2. The fraction of sp³-hybridized carbons (Fsp3) is 0.120. The van der Waals surface area contributed by atoms with Gasteiger partial charge < -0.3 is 0 Å². The topological polar surface area (TPSA) is 55.7 Å². The lowest BCUT2D eigenvalue weighted by molar-refractivity contribution is -0.465. The second-order valence-electron chi connectivity index (χ2n) is 7.27. The average molecular weight is 377 g/mol. The van der Waals surface area contributed by atoms with Gasteiger partial charge in [-0.3, -0.25) is 10.3 Å². The van der Waals surface area contributed by atoms with Crippen molar-refractivity contribution in [1.29, 1.82) is 5.26 Å². The van der Waals surface area contributed by atoms with Crippen molar-refractivity contribution in [1.82, 2.24) is 4.98 Å². The number of H-pyrrole nitrogens is 1. The van der Waals surface area contributed by atoms with Crippen molar-refractivity contribution in [2.24, 2.45) is 0 Å². The fourth-order valence-corrected chi connectivity index (χ4v) is 4.29. The molecule has 0 aliphatic rings. The van der Waals surface area contributed by atoms with Gasteiger partial charge >= 0.3 is 0 Å². The van der Waals surface area contributed by atoms with Gasteiger partial charge in [-0.1, -0.05) is 55.5 Å². The summed E-state index contributed by atoms with van der Waals surface area (Å²) in [5, 5.41) is 16.0. The maximum atomic E-state index is 9.88. The molecule has 140 valence electrons. The standard InChI is InChI=1S/C25H20N4/c1-3-18-16(2)20(15-26)25-28-22-12-6-7-14-23(22)29(25)24(18)27-21-13-8-10-17-9-4-5-11-19(17)21/h4-14H,3H2,1-2H3,(H,27,28)/p+1. The molecule has 5 aromatic rings. The summed E-state index contributed by atoms with van der Waals surface area (Å²) in [4.78, 5) is 3.45. The lowest BCUT2D eigenvalue weighted by Gasteiger charge is -2.13. The van der Waals surface area contributed by atoms with Crippen molar-refractivity contribution >= 4 is 39.0 Å². The lowest BCUT2D eigenvalue weighted by atomic mass is 10.0. The number of nitrogens with zero attached hydrogens (tertiary/aromatic N) is 2. The number of para-hydroxylation sites is 2. The van der Waals surface area contributed by atoms with E-state index in [1.54, 1.807) is 0 Å². The van der Waals surface area contributed by atoms with Crippen LogP contribution in [0.3, 0.4) is 0 Å². The molecule has 0 atom stereocenters. The van der Waals surface area contributed by atoms with E-state index in [0.717, 1.165) is 45.7 Å². The Kier molecular flexibility index (Phi) is 3.96. The number of hydrogen-bond donors (Lipinski definition) is 2. The minimum absolute atomic E-state index is 0.696. The number of anilines is 2. The number of nitrogens with one attached hydrogen (secondary N) is 2. The Hall–Kier alpha value is -3.84. The van der Waals surface area contributed by atoms with Crippen LogP contribution in [0.4, 0.5) is 11.5 Å². The first-order chi connectivity index (χ1) is 14.2. The van der Waals surface area contributed by atoms with Crippen LogP contribution >= 0.6 is 0 Å². The molecule has 5 rings (SSSR count). The molecule has 4 heteroatoms. The Bertz CT molecular complexity index is 1430. The second kappa shape index (κ2) is 6.65. The Morgan fingerprint density at radius 3 is 2.59 bits per heavy atom. The molecule has 0 fully saturated rings. The van der Waals surface area contributed by atoms with Crippen LogP contribution in [0.15, 0.2) is 66.7 Å². The second-order valence-corrected chi connectivity index (χ2v) is 7.27. The summed E-state index contributed by atoms with van der Waals surface area (Å²) in [6.07, 6.45) is 0.829. The summed E-state index contributed by atoms with van der Waals surface area (Å²) in [6, 6.07) is 25.3. The third-order valence-electron chi connectivity index (χ3n) is 5.70. The maximum absolute atomic E-state index is 9.88. The highest BCUT2D eigenvalue weighted by Crippen LogP contribution is 2.30. The van der Waals surface area contributed by atoms with E-state index >= 15 is 0 Å². The fourth-order valence-electron chi connectivity index (χ4n) is 4.29. The molecule has 2 heterocycles. The smallest absolute Gasteiger partial charge is 0.250 e. The Morgan fingerprint density at radius 1 is 1.00 bits per heavy atom. The van der Waals surface area contributed by atoms with E-state index in [1.807, 2.05) is 25.1 Å². The Morgan fingerprint density at radius 2 is 1.76 bits per heavy atom. The minimum Gasteiger partial charge on any atom is -0.272 e. The van der Waals surface area contributed by atoms with Crippen molar-refractivity contribution in [3.8, 4) is 6.07 Å². The number of nitriles is 1. The molecule has 0 radical (unpaired) electrons. The number of benzene rings is 3. The first-order valence-electron chi connectivity index (χ1n) is 9.85. The molecule has 0 saturated heterocycles. The SMILES string of the molecule is CCc1c(C)c(C#N)c2[nH]c3ccccc3[n+]2c1Nc1cccc2ccccc12. The molecule has 0 amide bonds. The summed E-state index contributed by atoms with van der Waals surface area (Å²) >= 11 is 0. The predicted octanol–water partition coefficient (Wildman–Crippen LogP) is 5.55. The van der Waals surface area contributed by atoms with Crippen LogP contribution in [-0.4, -0.2) is 4.98 Å². The number of aromatic amines is 1. The molecule has 4 nitrogen and oxygen atoms in total. The van der Waals surface area contributed by atoms with Crippen molar-refractivity contribution in [2.75, 3.05) is 5.32 Å². The Balaban J connectivity index is 1.88. The summed E-state index contributed by atoms with van der Waals surface area (Å²) in [5.74, 6) is 1.01. The maximum Gasteiger partial charge on any atom is 0.250 e. The zero-order chi connectivity index (χ0) is 20.0. The molecule has 0 spiro atoms. The summed E-state index contributed by atoms with van der Waals surface area (Å²) in [6.45, 7) is 4.18. The molecule has 2 N–H and O–H groups in total. The largest absolute Gasteiger partial charge is 0.272 e. The highest BCUT2D eigenvalue weighted by molar-refractivity contribution is 5.95. The van der Waals surface area contributed by atoms with Crippen LogP contribution in [0, 0.1) is 18.3 Å². The molecule has 0 aliphatic carbocycles. The number of pyridine rings is 1. The van der Waals surface area contributed by atoms with Crippen molar-refractivity contribution in [3.63, 3.8) is 0 Å². The first kappa shape index (κ1) is 17.3. The number of imidazole rings is 1. The van der Waals surface area contributed by atoms with Gasteiger partial charge in [0.05, 0.1) is 0 Å². The molecule has 0 aliphatic heterocycles. The third kappa shape index (κ3) is 2.55. The van der Waals surface area contributed by atoms with Crippen LogP contribution in [0.25, 0.3) is 27.5 Å². The predicted molar refractivity (Wildman–Crippen MR) is 118 cm³/mol. The van der Waals surface area contributed by atoms with Gasteiger partial charge in [0.1, 0.15) is 28.4 Å². The van der Waals surface area contributed by atoms with Crippen LogP contribution < -0.4 is 9.72 Å². The van der Waals surface area contributed by atoms with Gasteiger partial charge in [-0.2, -0.15) is 9.66 Å². The quantitative estimate of drug-likeness (QED) is 0.405. The molecule has 0 unspecified atom stereocenters. The van der Waals surface area contributed by atoms with E-state index in [4.69, 9.17) is 0 Å². The number of fused-ring (bicyclic) bond motifs is 4. The van der Waals surface area contributed by atoms with Crippen molar-refractivity contribution in [3.05, 3.63) is 83.4 Å². The zero-order valence-electron chi connectivity index (χ0n) is 16.5. The molecule has 0 saturated carbocycles. The van der Waals surface area contributed by atoms with E-state index in [0.29, 0.717) is 5.56 Å². The number of aromatic nitrogens is 2. The number of hydrogen-bond acceptors (Lipinski definition) is 2. The monoisotopic (exact) mass is 377 g/mol. The number of rotatable bonds is 3. The van der Waals surface area contributed by atoms with Gasteiger partial charge in [0.2, 0.25) is 11.5 Å². The first-order valence-corrected chi connectivity index (χ1v) is 9.85. The zero-order valence-corrected chi connectivity index (χ0v) is 16.5. The third-order valence-corrected chi connectivity index (χ3v) is 5.70. The summed E-state index contributed by atoms with van der Waals surface area (Å²) in [7, 11) is 0. The van der Waals surface area contributed by atoms with Gasteiger partial charge in [-0.15, -0.1) is 0 Å². The van der Waals surface area contributed by atoms with Crippen LogP contribution in [0.5, 0.6) is 0 Å². The highest BCUT2D eigenvalue weighted by Gasteiger charge is 2.25. The van der Waals surface area contributed by atoms with E-state index < -0.39 is 0 Å². The molecule has 0 bridgehead atoms. The van der Waals surface area contributed by atoms with E-state index in [9.17, 15) is 5.26 Å². The van der Waals surface area contributed by atoms with Crippen LogP contribution in [-0.2, 0) is 6.42 Å². The highest BCUT2D eigenvalue weighted by atomic mass is 15.1. The molecular weight excluding hydrogens is 356 g/mol. The van der Waals surface area contributed by atoms with Crippen LogP contribution in [0.2, 0.25) is 0 Å². The molecule has 2 aromatic heterocycles. The minimum atomic E-state index is 0.696. The molecular formula is C25H21N4+. The van der Waals surface area contributed by atoms with Gasteiger partial charge in [-0.05, 0) is 42.5 Å². The summed E-state index contributed by atoms with van der Waals surface area (Å²) < 4.78 is 2.15. The van der Waals surface area contributed by atoms with Crippen molar-refractivity contribution < 1.29 is 4.40 Å². The van der Waals surface area contributed by atoms with Gasteiger partial charge in [0.25, 0.3) is 0 Å². The molecule has 29 heavy (non-hydrogen) atoms. The van der Waals surface area contributed by atoms with Gasteiger partial charge in [0.15, 0.2) is 0 Å². The van der Waals surface area contributed by atoms with Gasteiger partial charge in [0, 0.05) is 10.9 Å². The van der Waals surface area contributed by atoms with Gasteiger partial charge in [-0.25, -0.2) is 0 Å². The van der Waals surface area contributed by atoms with E-state index in [2.05, 4.69) is 76.2 Å². The molecule has 3 aromatic carbocycles. The average Bonchev–Trinajstić information content (AvgIpc) is 3.13.